The van der Waals surface area contributed by atoms with E-state index >= 15 is 0 Å². The van der Waals surface area contributed by atoms with E-state index in [-0.39, 0.29) is 24.8 Å². The monoisotopic (exact) mass is 370 g/mol. The van der Waals surface area contributed by atoms with E-state index in [2.05, 4.69) is 38.8 Å². The lowest BCUT2D eigenvalue weighted by atomic mass is 10.1. The van der Waals surface area contributed by atoms with Crippen LogP contribution in [0.2, 0.25) is 0 Å². The fourth-order valence-electron chi connectivity index (χ4n) is 2.28. The number of nitrogens with one attached hydrogen (secondary N) is 1. The molecule has 0 aliphatic carbocycles. The molecule has 3 nitrogen and oxygen atoms in total. The topological polar surface area (TPSA) is 28.4 Å². The molecule has 2 rings (SSSR count). The third-order valence-electron chi connectivity index (χ3n) is 3.16. The van der Waals surface area contributed by atoms with Crippen LogP contribution in [0.3, 0.4) is 0 Å². The molecule has 0 aromatic carbocycles. The van der Waals surface area contributed by atoms with Gasteiger partial charge in [0.1, 0.15) is 5.76 Å². The first-order valence-corrected chi connectivity index (χ1v) is 6.91. The van der Waals surface area contributed by atoms with E-state index in [1.807, 2.05) is 12.1 Å². The summed E-state index contributed by atoms with van der Waals surface area (Å²) < 4.78 is 6.53. The van der Waals surface area contributed by atoms with Crippen molar-refractivity contribution in [1.29, 1.82) is 0 Å². The highest BCUT2D eigenvalue weighted by Crippen LogP contribution is 2.29. The predicted octanol–water partition coefficient (Wildman–Crippen LogP) is 3.80. The Labute approximate surface area is 135 Å². The van der Waals surface area contributed by atoms with Gasteiger partial charge in [0.2, 0.25) is 0 Å². The lowest BCUT2D eigenvalue weighted by molar-refractivity contribution is 0.146. The first-order chi connectivity index (χ1) is 8.31. The van der Waals surface area contributed by atoms with Gasteiger partial charge in [0.15, 0.2) is 4.67 Å². The quantitative estimate of drug-likeness (QED) is 0.798. The lowest BCUT2D eigenvalue weighted by Gasteiger charge is -2.33. The van der Waals surface area contributed by atoms with Gasteiger partial charge in [0, 0.05) is 26.2 Å². The van der Waals surface area contributed by atoms with Crippen molar-refractivity contribution in [2.75, 3.05) is 26.2 Å². The standard InChI is InChI=1S/C13H19BrN2O.2ClH/c1-2-3-4-11(12-5-6-13(14)17-12)16-9-7-15-8-10-16;;/h2,5-6,11,15H,1,3-4,7-10H2;2*1H/t11-;;/m0../s1. The molecule has 0 amide bonds. The van der Waals surface area contributed by atoms with Crippen LogP contribution in [-0.2, 0) is 0 Å². The average Bonchev–Trinajstić information content (AvgIpc) is 2.78. The Bertz CT molecular complexity index is 367. The second kappa shape index (κ2) is 9.83. The van der Waals surface area contributed by atoms with Crippen LogP contribution < -0.4 is 5.32 Å². The molecule has 0 bridgehead atoms. The Balaban J connectivity index is 0.00000162. The summed E-state index contributed by atoms with van der Waals surface area (Å²) in [4.78, 5) is 2.49. The summed E-state index contributed by atoms with van der Waals surface area (Å²) in [6.45, 7) is 8.10. The second-order valence-electron chi connectivity index (χ2n) is 4.31. The summed E-state index contributed by atoms with van der Waals surface area (Å²) in [5.41, 5.74) is 0. The minimum absolute atomic E-state index is 0. The molecule has 6 heteroatoms. The van der Waals surface area contributed by atoms with E-state index in [0.29, 0.717) is 6.04 Å². The molecule has 1 saturated heterocycles. The summed E-state index contributed by atoms with van der Waals surface area (Å²) in [7, 11) is 0. The molecule has 110 valence electrons. The molecule has 1 atom stereocenters. The van der Waals surface area contributed by atoms with E-state index in [0.717, 1.165) is 49.5 Å². The van der Waals surface area contributed by atoms with Crippen molar-refractivity contribution in [2.24, 2.45) is 0 Å². The molecule has 0 unspecified atom stereocenters. The zero-order chi connectivity index (χ0) is 12.1. The SMILES string of the molecule is C=CCC[C@@H](c1ccc(Br)o1)N1CCNCC1.Cl.Cl. The van der Waals surface area contributed by atoms with E-state index in [9.17, 15) is 0 Å². The minimum atomic E-state index is 0. The number of allylic oxidation sites excluding steroid dienone is 1. The average molecular weight is 372 g/mol. The van der Waals surface area contributed by atoms with Crippen molar-refractivity contribution in [3.63, 3.8) is 0 Å². The third kappa shape index (κ3) is 5.48. The minimum Gasteiger partial charge on any atom is -0.453 e. The Kier molecular flexibility index (Phi) is 9.83. The number of nitrogens with zero attached hydrogens (tertiary/aromatic N) is 1. The number of hydrogen-bond donors (Lipinski definition) is 1. The van der Waals surface area contributed by atoms with Crippen LogP contribution in [0, 0.1) is 0 Å². The molecule has 1 aliphatic heterocycles. The van der Waals surface area contributed by atoms with Gasteiger partial charge >= 0.3 is 0 Å². The maximum absolute atomic E-state index is 5.72. The zero-order valence-electron chi connectivity index (χ0n) is 10.8. The normalized spacial score (nSPS) is 17.1. The van der Waals surface area contributed by atoms with Crippen molar-refractivity contribution in [1.82, 2.24) is 10.2 Å². The van der Waals surface area contributed by atoms with Crippen molar-refractivity contribution < 1.29 is 4.42 Å². The van der Waals surface area contributed by atoms with E-state index in [1.165, 1.54) is 0 Å². The predicted molar refractivity (Wildman–Crippen MR) is 87.5 cm³/mol. The molecular formula is C13H21BrCl2N2O. The van der Waals surface area contributed by atoms with Crippen LogP contribution in [0.15, 0.2) is 33.9 Å². The first-order valence-electron chi connectivity index (χ1n) is 6.12. The number of hydrogen-bond acceptors (Lipinski definition) is 3. The van der Waals surface area contributed by atoms with Crippen LogP contribution in [0.4, 0.5) is 0 Å². The van der Waals surface area contributed by atoms with E-state index in [1.54, 1.807) is 0 Å². The van der Waals surface area contributed by atoms with Crippen molar-refractivity contribution in [2.45, 2.75) is 18.9 Å². The van der Waals surface area contributed by atoms with E-state index < -0.39 is 0 Å². The first kappa shape index (κ1) is 19.0. The Morgan fingerprint density at radius 3 is 2.58 bits per heavy atom. The molecule has 1 fully saturated rings. The number of furan rings is 1. The molecule has 1 N–H and O–H groups in total. The fraction of sp³-hybridized carbons (Fsp3) is 0.538. The van der Waals surface area contributed by atoms with Crippen molar-refractivity contribution in [3.8, 4) is 0 Å². The summed E-state index contributed by atoms with van der Waals surface area (Å²) in [5.74, 6) is 1.06. The summed E-state index contributed by atoms with van der Waals surface area (Å²) in [6.07, 6.45) is 4.07. The van der Waals surface area contributed by atoms with Crippen molar-refractivity contribution >= 4 is 40.7 Å². The molecular weight excluding hydrogens is 351 g/mol. The van der Waals surface area contributed by atoms with Crippen LogP contribution in [0.25, 0.3) is 0 Å². The lowest BCUT2D eigenvalue weighted by Crippen LogP contribution is -2.45. The summed E-state index contributed by atoms with van der Waals surface area (Å²) in [6, 6.07) is 4.42. The zero-order valence-corrected chi connectivity index (χ0v) is 14.0. The van der Waals surface area contributed by atoms with Crippen LogP contribution >= 0.6 is 40.7 Å². The third-order valence-corrected chi connectivity index (χ3v) is 3.59. The molecule has 1 aromatic heterocycles. The summed E-state index contributed by atoms with van der Waals surface area (Å²) >= 11 is 3.37. The Hall–Kier alpha value is -0.000000000000000111. The second-order valence-corrected chi connectivity index (χ2v) is 5.09. The molecule has 1 aromatic rings. The van der Waals surface area contributed by atoms with E-state index in [4.69, 9.17) is 4.42 Å². The van der Waals surface area contributed by atoms with Crippen LogP contribution in [0.1, 0.15) is 24.6 Å². The van der Waals surface area contributed by atoms with Gasteiger partial charge in [-0.3, -0.25) is 4.90 Å². The largest absolute Gasteiger partial charge is 0.453 e. The van der Waals surface area contributed by atoms with Gasteiger partial charge in [0.05, 0.1) is 6.04 Å². The fourth-order valence-corrected chi connectivity index (χ4v) is 2.60. The van der Waals surface area contributed by atoms with Gasteiger partial charge < -0.3 is 9.73 Å². The maximum atomic E-state index is 5.72. The number of rotatable bonds is 5. The summed E-state index contributed by atoms with van der Waals surface area (Å²) in [5, 5.41) is 3.38. The smallest absolute Gasteiger partial charge is 0.169 e. The van der Waals surface area contributed by atoms with Crippen LogP contribution in [-0.4, -0.2) is 31.1 Å². The number of piperazine rings is 1. The molecule has 0 saturated carbocycles. The Morgan fingerprint density at radius 1 is 1.37 bits per heavy atom. The Morgan fingerprint density at radius 2 is 2.05 bits per heavy atom. The molecule has 19 heavy (non-hydrogen) atoms. The number of halogens is 3. The molecule has 0 radical (unpaired) electrons. The van der Waals surface area contributed by atoms with Crippen LogP contribution in [0.5, 0.6) is 0 Å². The van der Waals surface area contributed by atoms with Gasteiger partial charge in [-0.2, -0.15) is 0 Å². The van der Waals surface area contributed by atoms with Gasteiger partial charge in [-0.25, -0.2) is 0 Å². The highest BCUT2D eigenvalue weighted by atomic mass is 79.9. The maximum Gasteiger partial charge on any atom is 0.169 e. The molecule has 0 spiro atoms. The van der Waals surface area contributed by atoms with Gasteiger partial charge in [0.25, 0.3) is 0 Å². The van der Waals surface area contributed by atoms with Gasteiger partial charge in [-0.1, -0.05) is 6.08 Å². The van der Waals surface area contributed by atoms with Crippen molar-refractivity contribution in [3.05, 3.63) is 35.2 Å². The van der Waals surface area contributed by atoms with Gasteiger partial charge in [-0.15, -0.1) is 31.4 Å². The molecule has 2 heterocycles. The van der Waals surface area contributed by atoms with Gasteiger partial charge in [-0.05, 0) is 40.9 Å². The highest BCUT2D eigenvalue weighted by molar-refractivity contribution is 9.10. The highest BCUT2D eigenvalue weighted by Gasteiger charge is 2.23. The molecule has 1 aliphatic rings.